The molecule has 1 nitrogen and oxygen atoms in total. The molecule has 106 valence electrons. The molecule has 19 heavy (non-hydrogen) atoms. The second-order valence-corrected chi connectivity index (χ2v) is 7.00. The molecular formula is C17H27NS. The maximum Gasteiger partial charge on any atom is 0.0165 e. The van der Waals surface area contributed by atoms with E-state index >= 15 is 0 Å². The van der Waals surface area contributed by atoms with Gasteiger partial charge in [0.25, 0.3) is 0 Å². The van der Waals surface area contributed by atoms with Crippen molar-refractivity contribution in [2.24, 2.45) is 17.6 Å². The van der Waals surface area contributed by atoms with E-state index in [0.717, 1.165) is 17.6 Å². The molecule has 1 aromatic rings. The third-order valence-corrected chi connectivity index (χ3v) is 5.61. The quantitative estimate of drug-likeness (QED) is 0.794. The monoisotopic (exact) mass is 277 g/mol. The van der Waals surface area contributed by atoms with Crippen molar-refractivity contribution in [3.8, 4) is 0 Å². The molecule has 0 spiro atoms. The number of aryl methyl sites for hydroxylation is 1. The number of nitrogens with two attached hydrogens (primary N) is 1. The number of hydrogen-bond donors (Lipinski definition) is 1. The van der Waals surface area contributed by atoms with Crippen molar-refractivity contribution >= 4 is 11.8 Å². The summed E-state index contributed by atoms with van der Waals surface area (Å²) in [6.45, 7) is 4.47. The first kappa shape index (κ1) is 14.9. The lowest BCUT2D eigenvalue weighted by atomic mass is 9.75. The Kier molecular flexibility index (Phi) is 5.77. The van der Waals surface area contributed by atoms with E-state index in [1.54, 1.807) is 0 Å². The summed E-state index contributed by atoms with van der Waals surface area (Å²) in [6.07, 6.45) is 6.82. The molecular weight excluding hydrogens is 250 g/mol. The van der Waals surface area contributed by atoms with Crippen LogP contribution in [0.1, 0.15) is 44.6 Å². The van der Waals surface area contributed by atoms with Gasteiger partial charge in [-0.2, -0.15) is 0 Å². The van der Waals surface area contributed by atoms with Crippen molar-refractivity contribution < 1.29 is 0 Å². The molecule has 0 radical (unpaired) electrons. The standard InChI is InChI=1S/C17H27NS/c1-3-14-8-4-5-10-16(14)17(18)12-19-15-9-6-7-13(2)11-15/h6-7,9,11,14,16-17H,3-5,8,10,12,18H2,1-2H3. The minimum absolute atomic E-state index is 0.357. The van der Waals surface area contributed by atoms with Gasteiger partial charge in [0.15, 0.2) is 0 Å². The molecule has 1 aliphatic carbocycles. The van der Waals surface area contributed by atoms with Crippen LogP contribution in [0.25, 0.3) is 0 Å². The lowest BCUT2D eigenvalue weighted by molar-refractivity contribution is 0.205. The van der Waals surface area contributed by atoms with E-state index in [1.807, 2.05) is 11.8 Å². The predicted octanol–water partition coefficient (Wildman–Crippen LogP) is 4.63. The molecule has 3 atom stereocenters. The summed E-state index contributed by atoms with van der Waals surface area (Å²) in [5.74, 6) is 2.67. The van der Waals surface area contributed by atoms with Gasteiger partial charge in [-0.05, 0) is 37.3 Å². The minimum atomic E-state index is 0.357. The summed E-state index contributed by atoms with van der Waals surface area (Å²) in [5, 5.41) is 0. The average Bonchev–Trinajstić information content (AvgIpc) is 2.45. The second kappa shape index (κ2) is 7.35. The first-order valence-corrected chi connectivity index (χ1v) is 8.64. The molecule has 0 amide bonds. The van der Waals surface area contributed by atoms with E-state index in [2.05, 4.69) is 38.1 Å². The van der Waals surface area contributed by atoms with Crippen molar-refractivity contribution in [2.45, 2.75) is 56.9 Å². The Bertz CT molecular complexity index is 391. The molecule has 1 saturated carbocycles. The van der Waals surface area contributed by atoms with Crippen LogP contribution in [0.4, 0.5) is 0 Å². The van der Waals surface area contributed by atoms with Gasteiger partial charge in [-0.3, -0.25) is 0 Å². The number of thioether (sulfide) groups is 1. The van der Waals surface area contributed by atoms with Crippen LogP contribution in [0.2, 0.25) is 0 Å². The Morgan fingerprint density at radius 1 is 1.32 bits per heavy atom. The Morgan fingerprint density at radius 2 is 2.11 bits per heavy atom. The normalized spacial score (nSPS) is 25.2. The summed E-state index contributed by atoms with van der Waals surface area (Å²) in [7, 11) is 0. The van der Waals surface area contributed by atoms with E-state index in [9.17, 15) is 0 Å². The van der Waals surface area contributed by atoms with Gasteiger partial charge in [0.2, 0.25) is 0 Å². The van der Waals surface area contributed by atoms with Gasteiger partial charge in [0.05, 0.1) is 0 Å². The lowest BCUT2D eigenvalue weighted by Crippen LogP contribution is -2.38. The van der Waals surface area contributed by atoms with Gasteiger partial charge in [0.1, 0.15) is 0 Å². The molecule has 1 fully saturated rings. The van der Waals surface area contributed by atoms with Crippen molar-refractivity contribution in [1.82, 2.24) is 0 Å². The van der Waals surface area contributed by atoms with E-state index < -0.39 is 0 Å². The van der Waals surface area contributed by atoms with Gasteiger partial charge in [-0.25, -0.2) is 0 Å². The Labute approximate surface area is 122 Å². The zero-order chi connectivity index (χ0) is 13.7. The minimum Gasteiger partial charge on any atom is -0.327 e. The first-order valence-electron chi connectivity index (χ1n) is 7.65. The van der Waals surface area contributed by atoms with Crippen molar-refractivity contribution in [3.63, 3.8) is 0 Å². The van der Waals surface area contributed by atoms with Gasteiger partial charge < -0.3 is 5.73 Å². The van der Waals surface area contributed by atoms with Gasteiger partial charge in [0, 0.05) is 16.7 Å². The van der Waals surface area contributed by atoms with Crippen LogP contribution in [0, 0.1) is 18.8 Å². The number of rotatable bonds is 5. The Balaban J connectivity index is 1.87. The van der Waals surface area contributed by atoms with E-state index in [-0.39, 0.29) is 0 Å². The van der Waals surface area contributed by atoms with Crippen LogP contribution >= 0.6 is 11.8 Å². The molecule has 0 saturated heterocycles. The number of benzene rings is 1. The van der Waals surface area contributed by atoms with Gasteiger partial charge in [-0.15, -0.1) is 11.8 Å². The highest BCUT2D eigenvalue weighted by molar-refractivity contribution is 7.99. The fraction of sp³-hybridized carbons (Fsp3) is 0.647. The summed E-state index contributed by atoms with van der Waals surface area (Å²) < 4.78 is 0. The SMILES string of the molecule is CCC1CCCCC1C(N)CSc1cccc(C)c1. The van der Waals surface area contributed by atoms with Gasteiger partial charge >= 0.3 is 0 Å². The Hall–Kier alpha value is -0.470. The Morgan fingerprint density at radius 3 is 2.84 bits per heavy atom. The molecule has 3 unspecified atom stereocenters. The summed E-state index contributed by atoms with van der Waals surface area (Å²) in [6, 6.07) is 9.10. The van der Waals surface area contributed by atoms with Gasteiger partial charge in [-0.1, -0.05) is 50.3 Å². The summed E-state index contributed by atoms with van der Waals surface area (Å²) in [5.41, 5.74) is 7.82. The molecule has 0 aliphatic heterocycles. The van der Waals surface area contributed by atoms with Crippen molar-refractivity contribution in [2.75, 3.05) is 5.75 Å². The molecule has 0 heterocycles. The van der Waals surface area contributed by atoms with Crippen molar-refractivity contribution in [3.05, 3.63) is 29.8 Å². The van der Waals surface area contributed by atoms with Crippen LogP contribution in [0.3, 0.4) is 0 Å². The maximum absolute atomic E-state index is 6.48. The van der Waals surface area contributed by atoms with Crippen LogP contribution in [-0.2, 0) is 0 Å². The third kappa shape index (κ3) is 4.25. The predicted molar refractivity (Wildman–Crippen MR) is 85.6 cm³/mol. The molecule has 2 N–H and O–H groups in total. The molecule has 0 bridgehead atoms. The fourth-order valence-electron chi connectivity index (χ4n) is 3.33. The van der Waals surface area contributed by atoms with Crippen molar-refractivity contribution in [1.29, 1.82) is 0 Å². The van der Waals surface area contributed by atoms with E-state index in [0.29, 0.717) is 6.04 Å². The topological polar surface area (TPSA) is 26.0 Å². The number of hydrogen-bond acceptors (Lipinski definition) is 2. The highest BCUT2D eigenvalue weighted by Gasteiger charge is 2.28. The fourth-order valence-corrected chi connectivity index (χ4v) is 4.40. The van der Waals surface area contributed by atoms with Crippen LogP contribution in [-0.4, -0.2) is 11.8 Å². The second-order valence-electron chi connectivity index (χ2n) is 5.91. The zero-order valence-electron chi connectivity index (χ0n) is 12.3. The highest BCUT2D eigenvalue weighted by atomic mass is 32.2. The largest absolute Gasteiger partial charge is 0.327 e. The summed E-state index contributed by atoms with van der Waals surface area (Å²) >= 11 is 1.92. The average molecular weight is 277 g/mol. The van der Waals surface area contributed by atoms with Crippen LogP contribution in [0.5, 0.6) is 0 Å². The smallest absolute Gasteiger partial charge is 0.0165 e. The van der Waals surface area contributed by atoms with E-state index in [4.69, 9.17) is 5.73 Å². The highest BCUT2D eigenvalue weighted by Crippen LogP contribution is 2.35. The molecule has 0 aromatic heterocycles. The first-order chi connectivity index (χ1) is 9.20. The zero-order valence-corrected chi connectivity index (χ0v) is 13.1. The van der Waals surface area contributed by atoms with Crippen LogP contribution in [0.15, 0.2) is 29.2 Å². The molecule has 2 heteroatoms. The maximum atomic E-state index is 6.48. The lowest BCUT2D eigenvalue weighted by Gasteiger charge is -2.35. The molecule has 1 aliphatic rings. The third-order valence-electron chi connectivity index (χ3n) is 4.47. The molecule has 2 rings (SSSR count). The summed E-state index contributed by atoms with van der Waals surface area (Å²) in [4.78, 5) is 1.36. The molecule has 1 aromatic carbocycles. The van der Waals surface area contributed by atoms with E-state index in [1.165, 1.54) is 42.6 Å². The van der Waals surface area contributed by atoms with Crippen LogP contribution < -0.4 is 5.73 Å².